The summed E-state index contributed by atoms with van der Waals surface area (Å²) in [6.45, 7) is 6.87. The molecule has 0 saturated carbocycles. The largest absolute Gasteiger partial charge is 0.469 e. The number of ether oxygens (including phenoxy) is 2. The molecule has 3 amide bonds. The molecule has 5 N–H and O–H groups in total. The molecule has 0 aromatic heterocycles. The van der Waals surface area contributed by atoms with Gasteiger partial charge in [-0.1, -0.05) is 0 Å². The lowest BCUT2D eigenvalue weighted by Gasteiger charge is -2.34. The quantitative estimate of drug-likeness (QED) is 0.0629. The van der Waals surface area contributed by atoms with Crippen LogP contribution < -0.4 is 21.7 Å². The van der Waals surface area contributed by atoms with E-state index in [-0.39, 0.29) is 43.6 Å². The summed E-state index contributed by atoms with van der Waals surface area (Å²) in [4.78, 5) is 60.6. The zero-order valence-electron chi connectivity index (χ0n) is 22.6. The molecule has 0 spiro atoms. The van der Waals surface area contributed by atoms with E-state index in [1.54, 1.807) is 25.7 Å². The van der Waals surface area contributed by atoms with Crippen molar-refractivity contribution in [2.75, 3.05) is 33.3 Å². The van der Waals surface area contributed by atoms with Crippen molar-refractivity contribution in [1.82, 2.24) is 20.9 Å². The number of hydrogen-bond acceptors (Lipinski definition) is 8. The lowest BCUT2D eigenvalue weighted by Crippen LogP contribution is -2.51. The van der Waals surface area contributed by atoms with Gasteiger partial charge in [-0.2, -0.15) is 0 Å². The molecule has 1 aliphatic heterocycles. The van der Waals surface area contributed by atoms with Crippen molar-refractivity contribution in [3.63, 3.8) is 0 Å². The Bertz CT molecular complexity index is 851. The van der Waals surface area contributed by atoms with Crippen molar-refractivity contribution in [3.05, 3.63) is 10.1 Å². The molecule has 0 bridgehead atoms. The minimum absolute atomic E-state index is 0.0389. The lowest BCUT2D eigenvalue weighted by molar-refractivity contribution is -0.485. The fraction of sp³-hybridized carbons (Fsp3) is 0.783. The molecular weight excluding hydrogens is 502 g/mol. The van der Waals surface area contributed by atoms with Crippen molar-refractivity contribution in [3.8, 4) is 0 Å². The number of hydrazone groups is 1. The zero-order valence-corrected chi connectivity index (χ0v) is 22.6. The Morgan fingerprint density at radius 1 is 1.13 bits per heavy atom. The number of carbonyl (C=O) groups is 4. The van der Waals surface area contributed by atoms with Gasteiger partial charge < -0.3 is 36.1 Å². The monoisotopic (exact) mass is 543 g/mol. The summed E-state index contributed by atoms with van der Waals surface area (Å²) >= 11 is 0. The lowest BCUT2D eigenvalue weighted by atomic mass is 9.93. The molecule has 1 fully saturated rings. The van der Waals surface area contributed by atoms with E-state index in [1.807, 2.05) is 0 Å². The van der Waals surface area contributed by atoms with Gasteiger partial charge in [-0.15, -0.1) is 0 Å². The molecule has 0 aliphatic carbocycles. The van der Waals surface area contributed by atoms with Crippen LogP contribution in [0, 0.1) is 16.0 Å². The van der Waals surface area contributed by atoms with Gasteiger partial charge in [-0.05, 0) is 58.8 Å². The number of likely N-dealkylation sites (tertiary alicyclic amines) is 1. The highest BCUT2D eigenvalue weighted by Crippen LogP contribution is 2.21. The van der Waals surface area contributed by atoms with Crippen molar-refractivity contribution in [2.24, 2.45) is 16.8 Å². The highest BCUT2D eigenvalue weighted by atomic mass is 16.7. The Morgan fingerprint density at radius 2 is 1.79 bits per heavy atom. The SMILES string of the molecule is COC(=O)CCC(=O)NCCC1CCN(C(=O)[C@H](CCCN/C(N)=N/[N+](=O)[O-])NC(=O)OC(C)(C)C)CC1. The molecule has 1 atom stereocenters. The minimum atomic E-state index is -0.915. The van der Waals surface area contributed by atoms with Crippen LogP contribution in [0.15, 0.2) is 5.10 Å². The number of nitro groups is 1. The molecule has 1 saturated heterocycles. The maximum Gasteiger partial charge on any atom is 0.408 e. The number of guanidine groups is 1. The number of piperidine rings is 1. The summed E-state index contributed by atoms with van der Waals surface area (Å²) in [5.41, 5.74) is 4.67. The summed E-state index contributed by atoms with van der Waals surface area (Å²) in [7, 11) is 1.28. The summed E-state index contributed by atoms with van der Waals surface area (Å²) in [6, 6.07) is -0.842. The fourth-order valence-electron chi connectivity index (χ4n) is 3.84. The number of rotatable bonds is 13. The average molecular weight is 544 g/mol. The van der Waals surface area contributed by atoms with Crippen LogP contribution in [-0.4, -0.2) is 84.7 Å². The van der Waals surface area contributed by atoms with E-state index < -0.39 is 28.7 Å². The summed E-state index contributed by atoms with van der Waals surface area (Å²) in [6.07, 6.45) is 2.30. The smallest absolute Gasteiger partial charge is 0.408 e. The van der Waals surface area contributed by atoms with Gasteiger partial charge in [0.25, 0.3) is 5.96 Å². The Morgan fingerprint density at radius 3 is 2.37 bits per heavy atom. The summed E-state index contributed by atoms with van der Waals surface area (Å²) in [5.74, 6) is -0.900. The van der Waals surface area contributed by atoms with Gasteiger partial charge in [-0.3, -0.25) is 14.4 Å². The molecule has 0 radical (unpaired) electrons. The first-order valence-corrected chi connectivity index (χ1v) is 12.6. The van der Waals surface area contributed by atoms with Gasteiger partial charge in [0.1, 0.15) is 16.7 Å². The Kier molecular flexibility index (Phi) is 13.8. The first-order chi connectivity index (χ1) is 17.8. The molecular formula is C23H41N7O8. The number of nitrogens with two attached hydrogens (primary N) is 1. The maximum atomic E-state index is 13.2. The molecule has 216 valence electrons. The molecule has 0 aromatic carbocycles. The van der Waals surface area contributed by atoms with Crippen LogP contribution in [0.2, 0.25) is 0 Å². The van der Waals surface area contributed by atoms with Gasteiger partial charge in [0, 0.05) is 32.6 Å². The molecule has 15 heteroatoms. The number of esters is 1. The van der Waals surface area contributed by atoms with Crippen molar-refractivity contribution in [2.45, 2.75) is 77.4 Å². The first-order valence-electron chi connectivity index (χ1n) is 12.6. The van der Waals surface area contributed by atoms with Crippen LogP contribution in [0.25, 0.3) is 0 Å². The molecule has 1 rings (SSSR count). The molecule has 1 heterocycles. The molecule has 0 aromatic rings. The predicted molar refractivity (Wildman–Crippen MR) is 137 cm³/mol. The van der Waals surface area contributed by atoms with E-state index in [2.05, 4.69) is 25.8 Å². The fourth-order valence-corrected chi connectivity index (χ4v) is 3.84. The highest BCUT2D eigenvalue weighted by molar-refractivity contribution is 5.86. The predicted octanol–water partition coefficient (Wildman–Crippen LogP) is 0.454. The second-order valence-electron chi connectivity index (χ2n) is 9.97. The van der Waals surface area contributed by atoms with Crippen LogP contribution in [0.1, 0.15) is 65.7 Å². The average Bonchev–Trinajstić information content (AvgIpc) is 2.82. The van der Waals surface area contributed by atoms with Crippen LogP contribution in [0.5, 0.6) is 0 Å². The normalized spacial score (nSPS) is 15.3. The van der Waals surface area contributed by atoms with Crippen LogP contribution in [-0.2, 0) is 23.9 Å². The number of alkyl carbamates (subject to hydrolysis) is 1. The highest BCUT2D eigenvalue weighted by Gasteiger charge is 2.30. The van der Waals surface area contributed by atoms with E-state index in [1.165, 1.54) is 7.11 Å². The number of amides is 3. The van der Waals surface area contributed by atoms with Gasteiger partial charge >= 0.3 is 12.1 Å². The Labute approximate surface area is 222 Å². The maximum absolute atomic E-state index is 13.2. The minimum Gasteiger partial charge on any atom is -0.469 e. The number of methoxy groups -OCH3 is 1. The second kappa shape index (κ2) is 16.2. The Balaban J connectivity index is 2.56. The molecule has 15 nitrogen and oxygen atoms in total. The molecule has 1 aliphatic rings. The van der Waals surface area contributed by atoms with Gasteiger partial charge in [0.05, 0.1) is 13.5 Å². The molecule has 0 unspecified atom stereocenters. The third kappa shape index (κ3) is 14.2. The van der Waals surface area contributed by atoms with Crippen molar-refractivity contribution in [1.29, 1.82) is 0 Å². The van der Waals surface area contributed by atoms with Gasteiger partial charge in [0.2, 0.25) is 11.8 Å². The Hall–Kier alpha value is -3.65. The van der Waals surface area contributed by atoms with Gasteiger partial charge in [-0.25, -0.2) is 14.9 Å². The third-order valence-corrected chi connectivity index (χ3v) is 5.74. The van der Waals surface area contributed by atoms with Crippen LogP contribution in [0.3, 0.4) is 0 Å². The first kappa shape index (κ1) is 32.4. The third-order valence-electron chi connectivity index (χ3n) is 5.74. The van der Waals surface area contributed by atoms with Gasteiger partial charge in [0.15, 0.2) is 5.03 Å². The molecule has 38 heavy (non-hydrogen) atoms. The second-order valence-corrected chi connectivity index (χ2v) is 9.97. The van der Waals surface area contributed by atoms with Crippen LogP contribution >= 0.6 is 0 Å². The van der Waals surface area contributed by atoms with E-state index in [0.717, 1.165) is 19.3 Å². The zero-order chi connectivity index (χ0) is 28.7. The number of nitrogens with one attached hydrogen (secondary N) is 3. The van der Waals surface area contributed by atoms with Crippen molar-refractivity contribution < 1.29 is 33.7 Å². The summed E-state index contributed by atoms with van der Waals surface area (Å²) in [5, 5.41) is 20.4. The van der Waals surface area contributed by atoms with E-state index >= 15 is 0 Å². The van der Waals surface area contributed by atoms with E-state index in [4.69, 9.17) is 10.5 Å². The summed E-state index contributed by atoms with van der Waals surface area (Å²) < 4.78 is 9.82. The van der Waals surface area contributed by atoms with Crippen molar-refractivity contribution >= 4 is 29.8 Å². The number of carbonyl (C=O) groups excluding carboxylic acids is 4. The van der Waals surface area contributed by atoms with E-state index in [0.29, 0.717) is 32.0 Å². The van der Waals surface area contributed by atoms with E-state index in [9.17, 15) is 29.3 Å². The standard InChI is InChI=1S/C23H41N7O8/c1-23(2,3)38-22(34)27-17(6-5-12-26-21(24)28-30(35)36)20(33)29-14-10-16(11-15-29)9-13-25-18(31)7-8-19(32)37-4/h16-17H,5-15H2,1-4H3,(H,25,31)(H,27,34)(H3,24,26,28)/t17-/m0/s1. The van der Waals surface area contributed by atoms with Crippen LogP contribution in [0.4, 0.5) is 4.79 Å². The number of hydrogen-bond donors (Lipinski definition) is 4. The topological polar surface area (TPSA) is 208 Å². The number of nitrogens with zero attached hydrogens (tertiary/aromatic N) is 3.